The molecule has 0 aromatic heterocycles. The molecule has 0 saturated heterocycles. The van der Waals surface area contributed by atoms with Crippen molar-refractivity contribution in [2.45, 2.75) is 25.8 Å². The Morgan fingerprint density at radius 3 is 2.87 bits per heavy atom. The lowest BCUT2D eigenvalue weighted by Gasteiger charge is -2.10. The molecule has 4 heteroatoms. The van der Waals surface area contributed by atoms with Crippen LogP contribution >= 0.6 is 0 Å². The number of rotatable bonds is 4. The molecule has 0 fully saturated rings. The van der Waals surface area contributed by atoms with Crippen molar-refractivity contribution in [1.82, 2.24) is 5.32 Å². The van der Waals surface area contributed by atoms with E-state index in [1.807, 2.05) is 37.3 Å². The highest BCUT2D eigenvalue weighted by Gasteiger charge is 2.23. The van der Waals surface area contributed by atoms with E-state index in [4.69, 9.17) is 0 Å². The normalized spacial score (nSPS) is 17.0. The maximum atomic E-state index is 14.0. The molecule has 0 spiro atoms. The maximum absolute atomic E-state index is 14.0. The Bertz CT molecular complexity index is 755. The van der Waals surface area contributed by atoms with Crippen LogP contribution in [0.3, 0.4) is 0 Å². The van der Waals surface area contributed by atoms with Gasteiger partial charge in [0.15, 0.2) is 0 Å². The monoisotopic (exact) mass is 310 g/mol. The fourth-order valence-electron chi connectivity index (χ4n) is 2.88. The summed E-state index contributed by atoms with van der Waals surface area (Å²) in [5, 5.41) is 2.78. The lowest BCUT2D eigenvalue weighted by atomic mass is 9.98. The second-order valence-corrected chi connectivity index (χ2v) is 5.60. The largest absolute Gasteiger partial charge is 0.351 e. The topological polar surface area (TPSA) is 41.5 Å². The molecular weight excluding hydrogens is 291 g/mol. The minimum absolute atomic E-state index is 0.0284. The first-order chi connectivity index (χ1) is 11.2. The second-order valence-electron chi connectivity index (χ2n) is 5.60. The summed E-state index contributed by atoms with van der Waals surface area (Å²) in [6.45, 7) is 2.49. The number of aliphatic imine (C=N–C) groups is 1. The predicted molar refractivity (Wildman–Crippen MR) is 89.9 cm³/mol. The van der Waals surface area contributed by atoms with E-state index in [1.54, 1.807) is 12.1 Å². The molecule has 2 aromatic rings. The van der Waals surface area contributed by atoms with Gasteiger partial charge < -0.3 is 5.32 Å². The van der Waals surface area contributed by atoms with E-state index in [-0.39, 0.29) is 17.8 Å². The molecule has 1 aliphatic heterocycles. The van der Waals surface area contributed by atoms with Crippen LogP contribution in [0.5, 0.6) is 0 Å². The minimum Gasteiger partial charge on any atom is -0.351 e. The van der Waals surface area contributed by atoms with Gasteiger partial charge in [0.2, 0.25) is 0 Å². The van der Waals surface area contributed by atoms with E-state index in [0.29, 0.717) is 24.2 Å². The molecule has 1 unspecified atom stereocenters. The molecule has 0 radical (unpaired) electrons. The van der Waals surface area contributed by atoms with E-state index in [2.05, 4.69) is 10.3 Å². The molecule has 0 saturated carbocycles. The summed E-state index contributed by atoms with van der Waals surface area (Å²) in [6, 6.07) is 14.5. The van der Waals surface area contributed by atoms with Crippen molar-refractivity contribution in [3.05, 3.63) is 59.9 Å². The molecule has 3 rings (SSSR count). The molecule has 1 aliphatic rings. The average Bonchev–Trinajstić information content (AvgIpc) is 3.06. The third-order valence-corrected chi connectivity index (χ3v) is 4.02. The van der Waals surface area contributed by atoms with Crippen LogP contribution in [0.15, 0.2) is 53.5 Å². The first-order valence-corrected chi connectivity index (χ1v) is 7.88. The van der Waals surface area contributed by atoms with Gasteiger partial charge in [0.1, 0.15) is 11.5 Å². The third-order valence-electron chi connectivity index (χ3n) is 4.02. The van der Waals surface area contributed by atoms with Crippen LogP contribution in [0, 0.1) is 5.82 Å². The van der Waals surface area contributed by atoms with Gasteiger partial charge in [0.05, 0.1) is 6.04 Å². The fraction of sp³-hybridized carbons (Fsp3) is 0.263. The molecule has 0 bridgehead atoms. The summed E-state index contributed by atoms with van der Waals surface area (Å²) in [4.78, 5) is 16.4. The van der Waals surface area contributed by atoms with E-state index < -0.39 is 0 Å². The first kappa shape index (κ1) is 15.4. The number of amides is 1. The predicted octanol–water partition coefficient (Wildman–Crippen LogP) is 3.90. The van der Waals surface area contributed by atoms with Crippen LogP contribution in [0.1, 0.15) is 31.4 Å². The molecule has 3 nitrogen and oxygen atoms in total. The van der Waals surface area contributed by atoms with E-state index in [1.165, 1.54) is 6.07 Å². The third kappa shape index (κ3) is 3.31. The van der Waals surface area contributed by atoms with Crippen LogP contribution < -0.4 is 5.32 Å². The zero-order valence-electron chi connectivity index (χ0n) is 13.1. The van der Waals surface area contributed by atoms with E-state index >= 15 is 0 Å². The number of halogens is 1. The molecular formula is C19H19FN2O. The number of nitrogens with zero attached hydrogens (tertiary/aromatic N) is 1. The Balaban J connectivity index is 1.87. The summed E-state index contributed by atoms with van der Waals surface area (Å²) in [6.07, 6.45) is 1.49. The van der Waals surface area contributed by atoms with Gasteiger partial charge in [-0.15, -0.1) is 0 Å². The lowest BCUT2D eigenvalue weighted by molar-refractivity contribution is -0.114. The molecule has 1 N–H and O–H groups in total. The van der Waals surface area contributed by atoms with Crippen molar-refractivity contribution >= 4 is 11.6 Å². The zero-order chi connectivity index (χ0) is 16.2. The van der Waals surface area contributed by atoms with E-state index in [9.17, 15) is 9.18 Å². The highest BCUT2D eigenvalue weighted by molar-refractivity contribution is 6.39. The number of carbonyl (C=O) groups is 1. The summed E-state index contributed by atoms with van der Waals surface area (Å²) in [5.74, 6) is -0.317. The molecule has 118 valence electrons. The molecule has 1 amide bonds. The smallest absolute Gasteiger partial charge is 0.265 e. The van der Waals surface area contributed by atoms with Gasteiger partial charge >= 0.3 is 0 Å². The summed E-state index contributed by atoms with van der Waals surface area (Å²) in [5.41, 5.74) is 3.04. The van der Waals surface area contributed by atoms with Crippen molar-refractivity contribution < 1.29 is 9.18 Å². The summed E-state index contributed by atoms with van der Waals surface area (Å²) in [7, 11) is 0. The maximum Gasteiger partial charge on any atom is 0.265 e. The molecule has 1 heterocycles. The van der Waals surface area contributed by atoms with Gasteiger partial charge in [-0.1, -0.05) is 36.4 Å². The number of hydrogen-bond donors (Lipinski definition) is 1. The fourth-order valence-corrected chi connectivity index (χ4v) is 2.88. The van der Waals surface area contributed by atoms with Crippen LogP contribution in [0.4, 0.5) is 4.39 Å². The number of nitrogens with one attached hydrogen (secondary N) is 1. The summed E-state index contributed by atoms with van der Waals surface area (Å²) < 4.78 is 14.0. The van der Waals surface area contributed by atoms with E-state index in [0.717, 1.165) is 17.5 Å². The van der Waals surface area contributed by atoms with Gasteiger partial charge in [0.25, 0.3) is 5.91 Å². The van der Waals surface area contributed by atoms with Crippen molar-refractivity contribution in [3.63, 3.8) is 0 Å². The average molecular weight is 310 g/mol. The highest BCUT2D eigenvalue weighted by Crippen LogP contribution is 2.32. The second kappa shape index (κ2) is 6.73. The van der Waals surface area contributed by atoms with Gasteiger partial charge in [-0.3, -0.25) is 9.79 Å². The van der Waals surface area contributed by atoms with Gasteiger partial charge in [-0.25, -0.2) is 4.39 Å². The van der Waals surface area contributed by atoms with Crippen molar-refractivity contribution in [2.24, 2.45) is 4.99 Å². The Morgan fingerprint density at radius 2 is 2.09 bits per heavy atom. The number of carbonyl (C=O) groups excluding carboxylic acids is 1. The Kier molecular flexibility index (Phi) is 4.51. The standard InChI is InChI=1S/C19H19FN2O/c1-2-21-19(23)18-11-10-17(22-18)14-7-5-6-13(12-14)15-8-3-4-9-16(15)20/h3-9,12,17H,2,10-11H2,1H3,(H,21,23). The lowest BCUT2D eigenvalue weighted by Crippen LogP contribution is -2.29. The van der Waals surface area contributed by atoms with Crippen molar-refractivity contribution in [3.8, 4) is 11.1 Å². The van der Waals surface area contributed by atoms with Crippen LogP contribution in [0.25, 0.3) is 11.1 Å². The van der Waals surface area contributed by atoms with Crippen LogP contribution in [-0.4, -0.2) is 18.2 Å². The van der Waals surface area contributed by atoms with Gasteiger partial charge in [-0.05, 0) is 43.0 Å². The van der Waals surface area contributed by atoms with Crippen LogP contribution in [0.2, 0.25) is 0 Å². The van der Waals surface area contributed by atoms with Crippen LogP contribution in [-0.2, 0) is 4.79 Å². The Labute approximate surface area is 135 Å². The highest BCUT2D eigenvalue weighted by atomic mass is 19.1. The first-order valence-electron chi connectivity index (χ1n) is 7.88. The SMILES string of the molecule is CCNC(=O)C1=NC(c2cccc(-c3ccccc3F)c2)CC1. The molecule has 1 atom stereocenters. The molecule has 23 heavy (non-hydrogen) atoms. The Morgan fingerprint density at radius 1 is 1.26 bits per heavy atom. The minimum atomic E-state index is -0.234. The molecule has 0 aliphatic carbocycles. The van der Waals surface area contributed by atoms with Gasteiger partial charge in [0, 0.05) is 12.1 Å². The zero-order valence-corrected chi connectivity index (χ0v) is 13.1. The summed E-state index contributed by atoms with van der Waals surface area (Å²) >= 11 is 0. The number of benzene rings is 2. The van der Waals surface area contributed by atoms with Gasteiger partial charge in [-0.2, -0.15) is 0 Å². The number of hydrogen-bond acceptors (Lipinski definition) is 2. The van der Waals surface area contributed by atoms with Crippen molar-refractivity contribution in [2.75, 3.05) is 6.54 Å². The van der Waals surface area contributed by atoms with Crippen molar-refractivity contribution in [1.29, 1.82) is 0 Å². The Hall–Kier alpha value is -2.49. The molecule has 2 aromatic carbocycles. The quantitative estimate of drug-likeness (QED) is 0.914.